The van der Waals surface area contributed by atoms with Crippen molar-refractivity contribution in [3.8, 4) is 22.9 Å². The Labute approximate surface area is 137 Å². The third-order valence-electron chi connectivity index (χ3n) is 3.25. The molecule has 7 heteroatoms. The van der Waals surface area contributed by atoms with Gasteiger partial charge in [-0.25, -0.2) is 5.10 Å². The number of aromatic hydroxyl groups is 2. The Kier molecular flexibility index (Phi) is 3.94. The Morgan fingerprint density at radius 1 is 1.22 bits per heavy atom. The number of phenolic OH excluding ortho intramolecular Hbond substituents is 2. The molecule has 3 aromatic rings. The second-order valence-corrected chi connectivity index (χ2v) is 5.41. The fraction of sp³-hybridized carbons (Fsp3) is 0.0625. The quantitative estimate of drug-likeness (QED) is 0.509. The minimum atomic E-state index is -0.0686. The summed E-state index contributed by atoms with van der Waals surface area (Å²) in [5.41, 5.74) is 2.44. The molecule has 0 atom stereocenters. The van der Waals surface area contributed by atoms with Gasteiger partial charge >= 0.3 is 0 Å². The van der Waals surface area contributed by atoms with Crippen molar-refractivity contribution in [2.24, 2.45) is 5.10 Å². The number of hydrogen-bond donors (Lipinski definition) is 3. The van der Waals surface area contributed by atoms with Gasteiger partial charge in [0.2, 0.25) is 4.77 Å². The molecule has 0 fully saturated rings. The maximum absolute atomic E-state index is 9.80. The molecule has 0 saturated heterocycles. The lowest BCUT2D eigenvalue weighted by atomic mass is 10.1. The van der Waals surface area contributed by atoms with E-state index >= 15 is 0 Å². The van der Waals surface area contributed by atoms with Crippen molar-refractivity contribution in [1.29, 1.82) is 0 Å². The van der Waals surface area contributed by atoms with Crippen LogP contribution in [0.5, 0.6) is 11.5 Å². The molecule has 3 N–H and O–H groups in total. The minimum Gasteiger partial charge on any atom is -0.508 e. The second-order valence-electron chi connectivity index (χ2n) is 5.02. The summed E-state index contributed by atoms with van der Waals surface area (Å²) in [6.45, 7) is 1.99. The number of nitrogens with zero attached hydrogens (tertiary/aromatic N) is 3. The van der Waals surface area contributed by atoms with Crippen LogP contribution in [-0.4, -0.2) is 31.3 Å². The lowest BCUT2D eigenvalue weighted by molar-refractivity contribution is 0.450. The van der Waals surface area contributed by atoms with Crippen LogP contribution in [0.15, 0.2) is 47.6 Å². The zero-order valence-electron chi connectivity index (χ0n) is 12.3. The van der Waals surface area contributed by atoms with Crippen molar-refractivity contribution < 1.29 is 10.2 Å². The first-order valence-corrected chi connectivity index (χ1v) is 7.26. The van der Waals surface area contributed by atoms with Crippen LogP contribution in [0.25, 0.3) is 11.4 Å². The van der Waals surface area contributed by atoms with Gasteiger partial charge in [0.1, 0.15) is 11.5 Å². The molecule has 23 heavy (non-hydrogen) atoms. The van der Waals surface area contributed by atoms with Gasteiger partial charge in [0.05, 0.1) is 6.21 Å². The number of benzene rings is 2. The summed E-state index contributed by atoms with van der Waals surface area (Å²) < 4.78 is 1.83. The van der Waals surface area contributed by atoms with E-state index in [9.17, 15) is 10.2 Å². The predicted molar refractivity (Wildman–Crippen MR) is 90.3 cm³/mol. The van der Waals surface area contributed by atoms with Gasteiger partial charge in [-0.3, -0.25) is 0 Å². The molecule has 3 rings (SSSR count). The van der Waals surface area contributed by atoms with Crippen LogP contribution in [0, 0.1) is 11.7 Å². The normalized spacial score (nSPS) is 11.2. The fourth-order valence-corrected chi connectivity index (χ4v) is 2.31. The predicted octanol–water partition coefficient (Wildman–Crippen LogP) is 3.21. The van der Waals surface area contributed by atoms with E-state index in [1.165, 1.54) is 23.0 Å². The van der Waals surface area contributed by atoms with Crippen molar-refractivity contribution in [2.45, 2.75) is 6.92 Å². The highest BCUT2D eigenvalue weighted by molar-refractivity contribution is 7.71. The minimum absolute atomic E-state index is 0.0139. The molecular weight excluding hydrogens is 312 g/mol. The number of aromatic amines is 1. The Morgan fingerprint density at radius 2 is 2.04 bits per heavy atom. The largest absolute Gasteiger partial charge is 0.508 e. The lowest BCUT2D eigenvalue weighted by Gasteiger charge is -2.03. The lowest BCUT2D eigenvalue weighted by Crippen LogP contribution is -1.95. The highest BCUT2D eigenvalue weighted by atomic mass is 32.1. The molecule has 0 radical (unpaired) electrons. The first kappa shape index (κ1) is 15.0. The molecule has 6 nitrogen and oxygen atoms in total. The summed E-state index contributed by atoms with van der Waals surface area (Å²) in [7, 11) is 0. The summed E-state index contributed by atoms with van der Waals surface area (Å²) in [5, 5.41) is 30.3. The molecule has 0 aliphatic rings. The van der Waals surface area contributed by atoms with Gasteiger partial charge in [0.15, 0.2) is 5.82 Å². The SMILES string of the molecule is Cc1cccc(-c2n[nH]c(=S)n2N=Cc2ccc(O)cc2O)c1. The zero-order valence-corrected chi connectivity index (χ0v) is 13.1. The maximum Gasteiger partial charge on any atom is 0.216 e. The molecule has 0 saturated carbocycles. The van der Waals surface area contributed by atoms with Gasteiger partial charge in [-0.1, -0.05) is 23.8 Å². The van der Waals surface area contributed by atoms with E-state index in [0.29, 0.717) is 16.2 Å². The van der Waals surface area contributed by atoms with Crippen molar-refractivity contribution in [2.75, 3.05) is 0 Å². The van der Waals surface area contributed by atoms with E-state index in [4.69, 9.17) is 12.2 Å². The Balaban J connectivity index is 2.02. The van der Waals surface area contributed by atoms with E-state index in [2.05, 4.69) is 15.3 Å². The van der Waals surface area contributed by atoms with Crippen molar-refractivity contribution in [1.82, 2.24) is 14.9 Å². The molecule has 2 aromatic carbocycles. The van der Waals surface area contributed by atoms with E-state index in [-0.39, 0.29) is 11.5 Å². The number of hydrogen-bond acceptors (Lipinski definition) is 5. The number of aryl methyl sites for hydroxylation is 1. The number of aromatic nitrogens is 3. The molecular formula is C16H14N4O2S. The summed E-state index contributed by atoms with van der Waals surface area (Å²) in [6, 6.07) is 12.1. The molecule has 1 aromatic heterocycles. The first-order valence-electron chi connectivity index (χ1n) is 6.85. The van der Waals surface area contributed by atoms with E-state index in [1.807, 2.05) is 31.2 Å². The third-order valence-corrected chi connectivity index (χ3v) is 3.52. The van der Waals surface area contributed by atoms with Crippen LogP contribution >= 0.6 is 12.2 Å². The second kappa shape index (κ2) is 6.05. The highest BCUT2D eigenvalue weighted by Gasteiger charge is 2.08. The summed E-state index contributed by atoms with van der Waals surface area (Å²) in [6.07, 6.45) is 1.46. The monoisotopic (exact) mass is 326 g/mol. The topological polar surface area (TPSA) is 86.4 Å². The molecule has 0 spiro atoms. The smallest absolute Gasteiger partial charge is 0.216 e. The Morgan fingerprint density at radius 3 is 2.78 bits per heavy atom. The van der Waals surface area contributed by atoms with Crippen LogP contribution in [0.3, 0.4) is 0 Å². The van der Waals surface area contributed by atoms with E-state index < -0.39 is 0 Å². The first-order chi connectivity index (χ1) is 11.0. The Hall–Kier alpha value is -2.93. The number of phenols is 2. The van der Waals surface area contributed by atoms with Gasteiger partial charge < -0.3 is 10.2 Å². The van der Waals surface area contributed by atoms with Crippen molar-refractivity contribution >= 4 is 18.4 Å². The molecule has 1 heterocycles. The molecule has 116 valence electrons. The van der Waals surface area contributed by atoms with Crippen LogP contribution in [0.2, 0.25) is 0 Å². The van der Waals surface area contributed by atoms with Crippen LogP contribution in [0.4, 0.5) is 0 Å². The summed E-state index contributed by atoms with van der Waals surface area (Å²) in [5.74, 6) is 0.495. The molecule has 0 bridgehead atoms. The highest BCUT2D eigenvalue weighted by Crippen LogP contribution is 2.22. The van der Waals surface area contributed by atoms with Gasteiger partial charge in [0.25, 0.3) is 0 Å². The number of rotatable bonds is 3. The Bertz CT molecular complexity index is 943. The zero-order chi connectivity index (χ0) is 16.4. The van der Waals surface area contributed by atoms with Gasteiger partial charge in [-0.05, 0) is 37.3 Å². The fourth-order valence-electron chi connectivity index (χ4n) is 2.13. The van der Waals surface area contributed by atoms with Gasteiger partial charge in [0, 0.05) is 17.2 Å². The average molecular weight is 326 g/mol. The average Bonchev–Trinajstić information content (AvgIpc) is 2.87. The summed E-state index contributed by atoms with van der Waals surface area (Å²) in [4.78, 5) is 0. The molecule has 0 unspecified atom stereocenters. The molecule has 0 amide bonds. The van der Waals surface area contributed by atoms with E-state index in [0.717, 1.165) is 11.1 Å². The number of nitrogens with one attached hydrogen (secondary N) is 1. The van der Waals surface area contributed by atoms with Crippen molar-refractivity contribution in [3.63, 3.8) is 0 Å². The van der Waals surface area contributed by atoms with Crippen molar-refractivity contribution in [3.05, 3.63) is 58.4 Å². The van der Waals surface area contributed by atoms with Crippen LogP contribution in [-0.2, 0) is 0 Å². The number of H-pyrrole nitrogens is 1. The van der Waals surface area contributed by atoms with Crippen LogP contribution in [0.1, 0.15) is 11.1 Å². The van der Waals surface area contributed by atoms with Gasteiger partial charge in [-0.2, -0.15) is 14.9 Å². The van der Waals surface area contributed by atoms with E-state index in [1.54, 1.807) is 6.07 Å². The third kappa shape index (κ3) is 3.14. The molecule has 0 aliphatic carbocycles. The standard InChI is InChI=1S/C16H14N4O2S/c1-10-3-2-4-11(7-10)15-18-19-16(23)20(15)17-9-12-5-6-13(21)8-14(12)22/h2-9,21-22H,1H3,(H,19,23). The molecule has 0 aliphatic heterocycles. The summed E-state index contributed by atoms with van der Waals surface area (Å²) >= 11 is 5.20. The maximum atomic E-state index is 9.80. The van der Waals surface area contributed by atoms with Gasteiger partial charge in [-0.15, -0.1) is 0 Å². The van der Waals surface area contributed by atoms with Crippen LogP contribution < -0.4 is 0 Å².